The molecule has 0 atom stereocenters. The number of amides is 2. The summed E-state index contributed by atoms with van der Waals surface area (Å²) in [4.78, 5) is 29.6. The fourth-order valence-electron chi connectivity index (χ4n) is 3.33. The molecule has 1 heterocycles. The molecule has 4 aromatic rings. The first kappa shape index (κ1) is 22.4. The number of rotatable bonds is 5. The van der Waals surface area contributed by atoms with Crippen LogP contribution in [0.4, 0.5) is 10.8 Å². The van der Waals surface area contributed by atoms with Crippen LogP contribution in [-0.4, -0.2) is 16.8 Å². The number of carbonyl (C=O) groups excluding carboxylic acids is 2. The van der Waals surface area contributed by atoms with Crippen LogP contribution in [0, 0.1) is 27.7 Å². The number of hydrogen-bond acceptors (Lipinski definition) is 4. The quantitative estimate of drug-likeness (QED) is 0.358. The lowest BCUT2D eigenvalue weighted by atomic mass is 10.1. The van der Waals surface area contributed by atoms with Gasteiger partial charge in [-0.3, -0.25) is 14.9 Å². The van der Waals surface area contributed by atoms with Gasteiger partial charge < -0.3 is 5.32 Å². The molecule has 0 saturated carbocycles. The van der Waals surface area contributed by atoms with Gasteiger partial charge in [-0.2, -0.15) is 0 Å². The molecule has 6 heteroatoms. The summed E-state index contributed by atoms with van der Waals surface area (Å²) in [5.41, 5.74) is 8.09. The van der Waals surface area contributed by atoms with E-state index in [2.05, 4.69) is 15.6 Å². The van der Waals surface area contributed by atoms with E-state index in [4.69, 9.17) is 0 Å². The molecule has 0 radical (unpaired) electrons. The number of thiazole rings is 1. The Labute approximate surface area is 197 Å². The van der Waals surface area contributed by atoms with E-state index in [0.29, 0.717) is 21.9 Å². The summed E-state index contributed by atoms with van der Waals surface area (Å²) < 4.78 is 0. The Morgan fingerprint density at radius 2 is 1.24 bits per heavy atom. The van der Waals surface area contributed by atoms with E-state index in [1.54, 1.807) is 0 Å². The third-order valence-electron chi connectivity index (χ3n) is 5.70. The number of anilines is 2. The molecular weight excluding hydrogens is 430 g/mol. The average molecular weight is 456 g/mol. The molecule has 2 N–H and O–H groups in total. The van der Waals surface area contributed by atoms with E-state index in [-0.39, 0.29) is 11.8 Å². The maximum atomic E-state index is 12.5. The van der Waals surface area contributed by atoms with Gasteiger partial charge in [-0.25, -0.2) is 4.98 Å². The van der Waals surface area contributed by atoms with Gasteiger partial charge in [-0.15, -0.1) is 11.3 Å². The predicted molar refractivity (Wildman–Crippen MR) is 135 cm³/mol. The SMILES string of the molecule is Cc1ccc(C(=O)Nc2ccc(-c3csc(NC(=O)c4ccc(C)c(C)c4)n3)cc2)cc1C. The highest BCUT2D eigenvalue weighted by Gasteiger charge is 2.12. The lowest BCUT2D eigenvalue weighted by molar-refractivity contribution is 0.101. The highest BCUT2D eigenvalue weighted by Crippen LogP contribution is 2.27. The normalized spacial score (nSPS) is 10.7. The van der Waals surface area contributed by atoms with Gasteiger partial charge in [-0.05, 0) is 86.3 Å². The Morgan fingerprint density at radius 3 is 1.79 bits per heavy atom. The van der Waals surface area contributed by atoms with Gasteiger partial charge in [-0.1, -0.05) is 24.3 Å². The smallest absolute Gasteiger partial charge is 0.257 e. The Morgan fingerprint density at radius 1 is 0.697 bits per heavy atom. The summed E-state index contributed by atoms with van der Waals surface area (Å²) in [6.45, 7) is 8.02. The van der Waals surface area contributed by atoms with E-state index >= 15 is 0 Å². The Balaban J connectivity index is 1.42. The molecule has 0 aliphatic heterocycles. The highest BCUT2D eigenvalue weighted by molar-refractivity contribution is 7.14. The van der Waals surface area contributed by atoms with Crippen molar-refractivity contribution < 1.29 is 9.59 Å². The Bertz CT molecular complexity index is 1340. The van der Waals surface area contributed by atoms with Crippen LogP contribution in [0.15, 0.2) is 66.0 Å². The van der Waals surface area contributed by atoms with Gasteiger partial charge >= 0.3 is 0 Å². The minimum atomic E-state index is -0.177. The van der Waals surface area contributed by atoms with E-state index in [0.717, 1.165) is 33.5 Å². The molecule has 0 fully saturated rings. The van der Waals surface area contributed by atoms with Crippen molar-refractivity contribution in [2.24, 2.45) is 0 Å². The van der Waals surface area contributed by atoms with Crippen LogP contribution in [-0.2, 0) is 0 Å². The Hall–Kier alpha value is -3.77. The third kappa shape index (κ3) is 5.18. The molecular formula is C27H25N3O2S. The predicted octanol–water partition coefficient (Wildman–Crippen LogP) is 6.55. The van der Waals surface area contributed by atoms with Crippen molar-refractivity contribution in [3.63, 3.8) is 0 Å². The molecule has 3 aromatic carbocycles. The van der Waals surface area contributed by atoms with E-state index in [1.165, 1.54) is 11.3 Å². The van der Waals surface area contributed by atoms with Crippen molar-refractivity contribution in [2.45, 2.75) is 27.7 Å². The van der Waals surface area contributed by atoms with Crippen LogP contribution in [0.2, 0.25) is 0 Å². The van der Waals surface area contributed by atoms with Crippen LogP contribution in [0.5, 0.6) is 0 Å². The minimum absolute atomic E-state index is 0.143. The van der Waals surface area contributed by atoms with Crippen LogP contribution in [0.3, 0.4) is 0 Å². The van der Waals surface area contributed by atoms with Gasteiger partial charge in [0.05, 0.1) is 5.69 Å². The van der Waals surface area contributed by atoms with E-state index < -0.39 is 0 Å². The van der Waals surface area contributed by atoms with Crippen LogP contribution in [0.1, 0.15) is 43.0 Å². The number of benzene rings is 3. The summed E-state index contributed by atoms with van der Waals surface area (Å²) >= 11 is 1.38. The molecule has 0 spiro atoms. The molecule has 0 saturated heterocycles. The number of nitrogens with zero attached hydrogens (tertiary/aromatic N) is 1. The second kappa shape index (κ2) is 9.38. The molecule has 0 aliphatic carbocycles. The molecule has 5 nitrogen and oxygen atoms in total. The molecule has 33 heavy (non-hydrogen) atoms. The van der Waals surface area contributed by atoms with Gasteiger partial charge in [0.1, 0.15) is 0 Å². The molecule has 0 unspecified atom stereocenters. The molecule has 4 rings (SSSR count). The molecule has 2 amide bonds. The van der Waals surface area contributed by atoms with Crippen molar-refractivity contribution in [3.8, 4) is 11.3 Å². The van der Waals surface area contributed by atoms with Gasteiger partial charge in [0.25, 0.3) is 11.8 Å². The highest BCUT2D eigenvalue weighted by atomic mass is 32.1. The standard InChI is InChI=1S/C27H25N3O2S/c1-16-5-7-21(13-18(16)3)25(31)28-23-11-9-20(10-12-23)24-15-33-27(29-24)30-26(32)22-8-6-17(2)19(4)14-22/h5-15H,1-4H3,(H,28,31)(H,29,30,32). The van der Waals surface area contributed by atoms with Crippen LogP contribution < -0.4 is 10.6 Å². The van der Waals surface area contributed by atoms with Gasteiger partial charge in [0.2, 0.25) is 0 Å². The van der Waals surface area contributed by atoms with Crippen molar-refractivity contribution in [3.05, 3.63) is 99.4 Å². The maximum absolute atomic E-state index is 12.5. The number of aryl methyl sites for hydroxylation is 4. The molecule has 166 valence electrons. The number of nitrogens with one attached hydrogen (secondary N) is 2. The number of hydrogen-bond donors (Lipinski definition) is 2. The molecule has 1 aromatic heterocycles. The first-order valence-electron chi connectivity index (χ1n) is 10.6. The summed E-state index contributed by atoms with van der Waals surface area (Å²) in [5, 5.41) is 8.24. The fourth-order valence-corrected chi connectivity index (χ4v) is 4.04. The largest absolute Gasteiger partial charge is 0.322 e. The van der Waals surface area contributed by atoms with Crippen molar-refractivity contribution in [1.29, 1.82) is 0 Å². The first-order chi connectivity index (χ1) is 15.8. The second-order valence-electron chi connectivity index (χ2n) is 8.12. The van der Waals surface area contributed by atoms with Crippen LogP contribution in [0.25, 0.3) is 11.3 Å². The topological polar surface area (TPSA) is 71.1 Å². The number of aromatic nitrogens is 1. The summed E-state index contributed by atoms with van der Waals surface area (Å²) in [6, 6.07) is 18.8. The summed E-state index contributed by atoms with van der Waals surface area (Å²) in [5.74, 6) is -0.320. The number of carbonyl (C=O) groups is 2. The average Bonchev–Trinajstić information content (AvgIpc) is 3.26. The summed E-state index contributed by atoms with van der Waals surface area (Å²) in [6.07, 6.45) is 0. The lowest BCUT2D eigenvalue weighted by Gasteiger charge is -2.08. The van der Waals surface area contributed by atoms with Crippen LogP contribution >= 0.6 is 11.3 Å². The summed E-state index contributed by atoms with van der Waals surface area (Å²) in [7, 11) is 0. The van der Waals surface area contributed by atoms with E-state index in [1.807, 2.05) is 93.7 Å². The zero-order chi connectivity index (χ0) is 23.5. The maximum Gasteiger partial charge on any atom is 0.257 e. The van der Waals surface area contributed by atoms with E-state index in [9.17, 15) is 9.59 Å². The first-order valence-corrected chi connectivity index (χ1v) is 11.5. The van der Waals surface area contributed by atoms with Crippen molar-refractivity contribution >= 4 is 34.0 Å². The Kier molecular flexibility index (Phi) is 6.38. The van der Waals surface area contributed by atoms with Crippen molar-refractivity contribution in [2.75, 3.05) is 10.6 Å². The second-order valence-corrected chi connectivity index (χ2v) is 8.98. The van der Waals surface area contributed by atoms with Gasteiger partial charge in [0.15, 0.2) is 5.13 Å². The third-order valence-corrected chi connectivity index (χ3v) is 6.46. The molecule has 0 bridgehead atoms. The zero-order valence-corrected chi connectivity index (χ0v) is 19.8. The van der Waals surface area contributed by atoms with Crippen molar-refractivity contribution in [1.82, 2.24) is 4.98 Å². The monoisotopic (exact) mass is 455 g/mol. The van der Waals surface area contributed by atoms with Gasteiger partial charge in [0, 0.05) is 27.8 Å². The molecule has 0 aliphatic rings. The lowest BCUT2D eigenvalue weighted by Crippen LogP contribution is -2.12. The minimum Gasteiger partial charge on any atom is -0.322 e. The zero-order valence-electron chi connectivity index (χ0n) is 19.0. The fraction of sp³-hybridized carbons (Fsp3) is 0.148.